The van der Waals surface area contributed by atoms with Crippen LogP contribution in [0.5, 0.6) is 5.75 Å². The minimum Gasteiger partial charge on any atom is -0.482 e. The summed E-state index contributed by atoms with van der Waals surface area (Å²) in [5, 5.41) is 3.00. The van der Waals surface area contributed by atoms with Gasteiger partial charge in [-0.15, -0.1) is 11.3 Å². The van der Waals surface area contributed by atoms with Gasteiger partial charge >= 0.3 is 5.97 Å². The number of carbonyl (C=O) groups excluding carboxylic acids is 3. The highest BCUT2D eigenvalue weighted by molar-refractivity contribution is 7.20. The minimum atomic E-state index is -0.852. The number of ether oxygens (including phenoxy) is 2. The number of amides is 1. The number of esters is 1. The summed E-state index contributed by atoms with van der Waals surface area (Å²) >= 11 is 1.14. The van der Waals surface area contributed by atoms with Gasteiger partial charge in [-0.25, -0.2) is 9.78 Å². The molecule has 1 atom stereocenters. The lowest BCUT2D eigenvalue weighted by molar-refractivity contribution is -0.118. The Morgan fingerprint density at radius 1 is 1.23 bits per heavy atom. The molecule has 1 N–H and O–H groups in total. The molecular weight excluding hydrogens is 470 g/mol. The molecule has 1 fully saturated rings. The predicted octanol–water partition coefficient (Wildman–Crippen LogP) is 4.03. The predicted molar refractivity (Wildman–Crippen MR) is 131 cm³/mol. The third-order valence-corrected chi connectivity index (χ3v) is 7.76. The largest absolute Gasteiger partial charge is 0.482 e. The van der Waals surface area contributed by atoms with Gasteiger partial charge in [-0.3, -0.25) is 19.0 Å². The molecule has 0 saturated heterocycles. The number of fused-ring (bicyclic) bond motifs is 2. The molecule has 3 aromatic rings. The number of hydrogen-bond acceptors (Lipinski definition) is 8. The zero-order valence-electron chi connectivity index (χ0n) is 19.5. The van der Waals surface area contributed by atoms with E-state index in [9.17, 15) is 19.2 Å². The maximum absolute atomic E-state index is 13.4. The molecule has 1 aliphatic heterocycles. The van der Waals surface area contributed by atoms with Crippen LogP contribution in [0.1, 0.15) is 70.7 Å². The Kier molecular flexibility index (Phi) is 6.14. The highest BCUT2D eigenvalue weighted by Crippen LogP contribution is 2.31. The summed E-state index contributed by atoms with van der Waals surface area (Å²) in [6.07, 6.45) is 6.22. The van der Waals surface area contributed by atoms with Crippen LogP contribution < -0.4 is 15.6 Å². The van der Waals surface area contributed by atoms with Crippen LogP contribution in [-0.4, -0.2) is 39.9 Å². The summed E-state index contributed by atoms with van der Waals surface area (Å²) in [5.41, 5.74) is 0.865. The molecule has 0 radical (unpaired) electrons. The molecule has 2 aromatic heterocycles. The highest BCUT2D eigenvalue weighted by atomic mass is 32.1. The Balaban J connectivity index is 1.43. The molecular formula is C25H25N3O6S. The quantitative estimate of drug-likeness (QED) is 0.420. The van der Waals surface area contributed by atoms with Gasteiger partial charge in [-0.1, -0.05) is 6.42 Å². The number of hydrogen-bond donors (Lipinski definition) is 1. The number of thiophene rings is 1. The molecule has 0 bridgehead atoms. The lowest BCUT2D eigenvalue weighted by atomic mass is 9.98. The Morgan fingerprint density at radius 2 is 2.00 bits per heavy atom. The molecule has 9 nitrogen and oxygen atoms in total. The fourth-order valence-electron chi connectivity index (χ4n) is 4.60. The number of benzene rings is 1. The monoisotopic (exact) mass is 495 g/mol. The van der Waals surface area contributed by atoms with Gasteiger partial charge in [0.25, 0.3) is 11.5 Å². The number of ketones is 1. The number of nitrogens with zero attached hydrogens (tertiary/aromatic N) is 2. The van der Waals surface area contributed by atoms with Gasteiger partial charge in [0.05, 0.1) is 23.4 Å². The molecule has 1 aromatic carbocycles. The third-order valence-electron chi connectivity index (χ3n) is 6.58. The fraction of sp³-hybridized carbons (Fsp3) is 0.400. The minimum absolute atomic E-state index is 0.0754. The van der Waals surface area contributed by atoms with Crippen molar-refractivity contribution in [2.45, 2.75) is 58.1 Å². The topological polar surface area (TPSA) is 117 Å². The molecule has 5 rings (SSSR count). The molecule has 10 heteroatoms. The number of nitrogens with one attached hydrogen (secondary N) is 1. The second-order valence-corrected chi connectivity index (χ2v) is 9.95. The van der Waals surface area contributed by atoms with Crippen molar-refractivity contribution in [3.63, 3.8) is 0 Å². The van der Waals surface area contributed by atoms with E-state index in [2.05, 4.69) is 10.3 Å². The summed E-state index contributed by atoms with van der Waals surface area (Å²) < 4.78 is 12.3. The second-order valence-electron chi connectivity index (χ2n) is 8.95. The first-order chi connectivity index (χ1) is 16.8. The molecule has 2 aliphatic rings. The van der Waals surface area contributed by atoms with Crippen molar-refractivity contribution < 1.29 is 23.9 Å². The molecule has 35 heavy (non-hydrogen) atoms. The summed E-state index contributed by atoms with van der Waals surface area (Å²) in [5.74, 6) is -0.561. The van der Waals surface area contributed by atoms with E-state index in [4.69, 9.17) is 9.47 Å². The molecule has 1 aliphatic carbocycles. The lowest BCUT2D eigenvalue weighted by Gasteiger charge is -2.21. The van der Waals surface area contributed by atoms with Gasteiger partial charge in [-0.05, 0) is 63.3 Å². The first kappa shape index (κ1) is 23.2. The summed E-state index contributed by atoms with van der Waals surface area (Å²) in [4.78, 5) is 56.2. The van der Waals surface area contributed by atoms with Gasteiger partial charge in [0, 0.05) is 5.56 Å². The van der Waals surface area contributed by atoms with Crippen LogP contribution in [0.15, 0.2) is 29.3 Å². The molecule has 1 saturated carbocycles. The SMILES string of the molecule is Cc1c(C(=O)OC2CCCCC2)sc2ncn(C(C)C(=O)c3ccc4c(c3)NC(=O)CO4)c(=O)c12. The molecule has 182 valence electrons. The number of aromatic nitrogens is 2. The van der Waals surface area contributed by atoms with Crippen LogP contribution >= 0.6 is 11.3 Å². The van der Waals surface area contributed by atoms with E-state index in [1.807, 2.05) is 0 Å². The van der Waals surface area contributed by atoms with E-state index in [0.717, 1.165) is 43.4 Å². The van der Waals surface area contributed by atoms with E-state index in [1.54, 1.807) is 26.0 Å². The lowest BCUT2D eigenvalue weighted by Crippen LogP contribution is -2.29. The molecule has 1 amide bonds. The Bertz CT molecular complexity index is 1400. The molecule has 3 heterocycles. The standard InChI is InChI=1S/C25H25N3O6S/c1-13-20-23(35-22(13)25(32)34-16-6-4-3-5-7-16)26-12-28(24(20)31)14(2)21(30)15-8-9-18-17(10-15)27-19(29)11-33-18/h8-10,12,14,16H,3-7,11H2,1-2H3,(H,27,29). The van der Waals surface area contributed by atoms with Crippen molar-refractivity contribution in [2.75, 3.05) is 11.9 Å². The number of anilines is 1. The van der Waals surface area contributed by atoms with Crippen LogP contribution in [0, 0.1) is 6.92 Å². The van der Waals surface area contributed by atoms with Crippen LogP contribution in [-0.2, 0) is 9.53 Å². The van der Waals surface area contributed by atoms with Crippen LogP contribution in [0.3, 0.4) is 0 Å². The van der Waals surface area contributed by atoms with E-state index in [0.29, 0.717) is 37.7 Å². The molecule has 0 spiro atoms. The zero-order chi connectivity index (χ0) is 24.7. The van der Waals surface area contributed by atoms with Crippen molar-refractivity contribution in [3.8, 4) is 5.75 Å². The van der Waals surface area contributed by atoms with Gasteiger partial charge < -0.3 is 14.8 Å². The number of Topliss-reactive ketones (excluding diaryl/α,β-unsaturated/α-hetero) is 1. The van der Waals surface area contributed by atoms with Crippen molar-refractivity contribution in [2.24, 2.45) is 0 Å². The average molecular weight is 496 g/mol. The van der Waals surface area contributed by atoms with Gasteiger partial charge in [-0.2, -0.15) is 0 Å². The number of carbonyl (C=O) groups is 3. The third kappa shape index (κ3) is 4.34. The van der Waals surface area contributed by atoms with Crippen LogP contribution in [0.25, 0.3) is 10.2 Å². The van der Waals surface area contributed by atoms with E-state index in [1.165, 1.54) is 17.0 Å². The van der Waals surface area contributed by atoms with E-state index >= 15 is 0 Å². The Hall–Kier alpha value is -3.53. The highest BCUT2D eigenvalue weighted by Gasteiger charge is 2.27. The smallest absolute Gasteiger partial charge is 0.348 e. The van der Waals surface area contributed by atoms with E-state index < -0.39 is 17.6 Å². The Labute approximate surface area is 205 Å². The summed E-state index contributed by atoms with van der Waals surface area (Å²) in [6, 6.07) is 3.90. The number of aryl methyl sites for hydroxylation is 1. The summed E-state index contributed by atoms with van der Waals surface area (Å²) in [7, 11) is 0. The van der Waals surface area contributed by atoms with Crippen molar-refractivity contribution in [1.29, 1.82) is 0 Å². The van der Waals surface area contributed by atoms with Crippen molar-refractivity contribution >= 4 is 44.9 Å². The maximum Gasteiger partial charge on any atom is 0.348 e. The number of rotatable bonds is 5. The Morgan fingerprint density at radius 3 is 2.77 bits per heavy atom. The molecule has 1 unspecified atom stereocenters. The average Bonchev–Trinajstić information content (AvgIpc) is 3.20. The first-order valence-corrected chi connectivity index (χ1v) is 12.5. The van der Waals surface area contributed by atoms with Crippen molar-refractivity contribution in [3.05, 3.63) is 50.9 Å². The van der Waals surface area contributed by atoms with E-state index in [-0.39, 0.29) is 24.4 Å². The van der Waals surface area contributed by atoms with Crippen molar-refractivity contribution in [1.82, 2.24) is 9.55 Å². The second kappa shape index (κ2) is 9.26. The fourth-order valence-corrected chi connectivity index (χ4v) is 5.62. The van der Waals surface area contributed by atoms with Gasteiger partial charge in [0.2, 0.25) is 0 Å². The maximum atomic E-state index is 13.4. The van der Waals surface area contributed by atoms with Gasteiger partial charge in [0.1, 0.15) is 21.6 Å². The normalized spacial score (nSPS) is 16.8. The first-order valence-electron chi connectivity index (χ1n) is 11.7. The summed E-state index contributed by atoms with van der Waals surface area (Å²) in [6.45, 7) is 3.25. The van der Waals surface area contributed by atoms with Crippen LogP contribution in [0.2, 0.25) is 0 Å². The zero-order valence-corrected chi connectivity index (χ0v) is 20.3. The van der Waals surface area contributed by atoms with Gasteiger partial charge in [0.15, 0.2) is 12.4 Å². The van der Waals surface area contributed by atoms with Crippen LogP contribution in [0.4, 0.5) is 5.69 Å².